The first-order chi connectivity index (χ1) is 9.99. The average Bonchev–Trinajstić information content (AvgIpc) is 2.45. The summed E-state index contributed by atoms with van der Waals surface area (Å²) in [6.45, 7) is 1.96. The highest BCUT2D eigenvalue weighted by molar-refractivity contribution is 6.30. The summed E-state index contributed by atoms with van der Waals surface area (Å²) < 4.78 is 32.2. The molecule has 2 aromatic carbocycles. The van der Waals surface area contributed by atoms with Crippen molar-refractivity contribution in [3.63, 3.8) is 0 Å². The number of ether oxygens (including phenoxy) is 1. The lowest BCUT2D eigenvalue weighted by atomic mass is 10.0. The molecule has 0 amide bonds. The van der Waals surface area contributed by atoms with Crippen LogP contribution in [0.1, 0.15) is 18.9 Å². The Labute approximate surface area is 127 Å². The van der Waals surface area contributed by atoms with Crippen LogP contribution in [0.15, 0.2) is 36.4 Å². The Kier molecular flexibility index (Phi) is 5.15. The molecule has 0 aliphatic rings. The van der Waals surface area contributed by atoms with Crippen LogP contribution >= 0.6 is 11.6 Å². The molecule has 0 bridgehead atoms. The fraction of sp³-hybridized carbons (Fsp3) is 0.250. The van der Waals surface area contributed by atoms with E-state index in [1.54, 1.807) is 0 Å². The van der Waals surface area contributed by atoms with Gasteiger partial charge < -0.3 is 10.5 Å². The van der Waals surface area contributed by atoms with Crippen molar-refractivity contribution in [1.82, 2.24) is 0 Å². The Balaban J connectivity index is 2.28. The first kappa shape index (κ1) is 15.7. The molecule has 1 unspecified atom stereocenters. The van der Waals surface area contributed by atoms with Crippen molar-refractivity contribution in [2.45, 2.75) is 25.8 Å². The third kappa shape index (κ3) is 4.16. The van der Waals surface area contributed by atoms with Crippen LogP contribution in [0.3, 0.4) is 0 Å². The van der Waals surface area contributed by atoms with Gasteiger partial charge in [-0.15, -0.1) is 0 Å². The minimum absolute atomic E-state index is 0.0265. The molecule has 2 aromatic rings. The highest BCUT2D eigenvalue weighted by atomic mass is 35.5. The molecule has 0 spiro atoms. The lowest BCUT2D eigenvalue weighted by molar-refractivity contribution is 0.467. The zero-order valence-corrected chi connectivity index (χ0v) is 12.3. The number of benzene rings is 2. The molecule has 1 atom stereocenters. The van der Waals surface area contributed by atoms with Gasteiger partial charge in [0.1, 0.15) is 23.1 Å². The van der Waals surface area contributed by atoms with E-state index in [2.05, 4.69) is 0 Å². The normalized spacial score (nSPS) is 12.2. The van der Waals surface area contributed by atoms with Gasteiger partial charge in [-0.05, 0) is 48.7 Å². The Morgan fingerprint density at radius 2 is 1.95 bits per heavy atom. The van der Waals surface area contributed by atoms with Crippen molar-refractivity contribution in [3.8, 4) is 11.5 Å². The van der Waals surface area contributed by atoms with Gasteiger partial charge in [0, 0.05) is 12.1 Å². The van der Waals surface area contributed by atoms with Crippen LogP contribution in [0.5, 0.6) is 11.5 Å². The van der Waals surface area contributed by atoms with Crippen molar-refractivity contribution < 1.29 is 13.5 Å². The Morgan fingerprint density at radius 3 is 2.62 bits per heavy atom. The molecule has 0 radical (unpaired) electrons. The van der Waals surface area contributed by atoms with E-state index >= 15 is 0 Å². The van der Waals surface area contributed by atoms with E-state index in [1.165, 1.54) is 36.4 Å². The molecule has 5 heteroatoms. The van der Waals surface area contributed by atoms with Crippen molar-refractivity contribution in [3.05, 3.63) is 58.6 Å². The standard InChI is InChI=1S/C16H16ClF2NO/c1-2-12(20)8-10-7-11(18)3-6-16(10)21-13-4-5-15(19)14(17)9-13/h3-7,9,12H,2,8,20H2,1H3. The SMILES string of the molecule is CCC(N)Cc1cc(F)ccc1Oc1ccc(F)c(Cl)c1. The highest BCUT2D eigenvalue weighted by Crippen LogP contribution is 2.29. The summed E-state index contributed by atoms with van der Waals surface area (Å²) in [5, 5.41) is -0.0265. The monoisotopic (exact) mass is 311 g/mol. The van der Waals surface area contributed by atoms with E-state index < -0.39 is 5.82 Å². The molecular weight excluding hydrogens is 296 g/mol. The van der Waals surface area contributed by atoms with Gasteiger partial charge in [-0.3, -0.25) is 0 Å². The molecule has 2 N–H and O–H groups in total. The van der Waals surface area contributed by atoms with Crippen molar-refractivity contribution in [1.29, 1.82) is 0 Å². The van der Waals surface area contributed by atoms with Gasteiger partial charge in [0.25, 0.3) is 0 Å². The molecule has 0 fully saturated rings. The summed E-state index contributed by atoms with van der Waals surface area (Å²) >= 11 is 5.72. The second kappa shape index (κ2) is 6.87. The average molecular weight is 312 g/mol. The van der Waals surface area contributed by atoms with Crippen molar-refractivity contribution >= 4 is 11.6 Å². The molecule has 0 saturated carbocycles. The van der Waals surface area contributed by atoms with Crippen LogP contribution in [0.2, 0.25) is 5.02 Å². The topological polar surface area (TPSA) is 35.2 Å². The number of nitrogens with two attached hydrogens (primary N) is 1. The van der Waals surface area contributed by atoms with E-state index in [4.69, 9.17) is 22.1 Å². The zero-order valence-electron chi connectivity index (χ0n) is 11.6. The Morgan fingerprint density at radius 1 is 1.19 bits per heavy atom. The fourth-order valence-electron chi connectivity index (χ4n) is 1.90. The molecule has 2 rings (SSSR count). The predicted octanol–water partition coefficient (Wildman–Crippen LogP) is 4.69. The predicted molar refractivity (Wildman–Crippen MR) is 79.9 cm³/mol. The minimum Gasteiger partial charge on any atom is -0.457 e. The number of hydrogen-bond acceptors (Lipinski definition) is 2. The van der Waals surface area contributed by atoms with E-state index in [0.717, 1.165) is 6.42 Å². The maximum atomic E-state index is 13.4. The van der Waals surface area contributed by atoms with Gasteiger partial charge in [-0.1, -0.05) is 18.5 Å². The smallest absolute Gasteiger partial charge is 0.142 e. The molecule has 21 heavy (non-hydrogen) atoms. The first-order valence-electron chi connectivity index (χ1n) is 6.66. The third-order valence-corrected chi connectivity index (χ3v) is 3.44. The Bertz CT molecular complexity index is 634. The second-order valence-corrected chi connectivity index (χ2v) is 5.21. The van der Waals surface area contributed by atoms with Gasteiger partial charge in [0.15, 0.2) is 0 Å². The van der Waals surface area contributed by atoms with Crippen LogP contribution in [0.4, 0.5) is 8.78 Å². The number of halogens is 3. The molecule has 2 nitrogen and oxygen atoms in total. The van der Waals surface area contributed by atoms with Gasteiger partial charge in [-0.25, -0.2) is 8.78 Å². The van der Waals surface area contributed by atoms with Crippen LogP contribution in [0.25, 0.3) is 0 Å². The maximum Gasteiger partial charge on any atom is 0.142 e. The summed E-state index contributed by atoms with van der Waals surface area (Å²) in [6.07, 6.45) is 1.27. The summed E-state index contributed by atoms with van der Waals surface area (Å²) in [7, 11) is 0. The summed E-state index contributed by atoms with van der Waals surface area (Å²) in [5.41, 5.74) is 6.58. The molecule has 0 saturated heterocycles. The van der Waals surface area contributed by atoms with Gasteiger partial charge >= 0.3 is 0 Å². The zero-order chi connectivity index (χ0) is 15.4. The van der Waals surface area contributed by atoms with Gasteiger partial charge in [0.05, 0.1) is 5.02 Å². The van der Waals surface area contributed by atoms with E-state index in [0.29, 0.717) is 23.5 Å². The molecule has 0 aliphatic carbocycles. The van der Waals surface area contributed by atoms with E-state index in [1.807, 2.05) is 6.92 Å². The summed E-state index contributed by atoms with van der Waals surface area (Å²) in [4.78, 5) is 0. The summed E-state index contributed by atoms with van der Waals surface area (Å²) in [5.74, 6) is 0.0106. The lowest BCUT2D eigenvalue weighted by Gasteiger charge is -2.14. The Hall–Kier alpha value is -1.65. The van der Waals surface area contributed by atoms with Crippen LogP contribution < -0.4 is 10.5 Å². The number of hydrogen-bond donors (Lipinski definition) is 1. The summed E-state index contributed by atoms with van der Waals surface area (Å²) in [6, 6.07) is 8.23. The first-order valence-corrected chi connectivity index (χ1v) is 7.04. The van der Waals surface area contributed by atoms with Crippen LogP contribution in [-0.2, 0) is 6.42 Å². The van der Waals surface area contributed by atoms with Gasteiger partial charge in [-0.2, -0.15) is 0 Å². The fourth-order valence-corrected chi connectivity index (χ4v) is 2.07. The largest absolute Gasteiger partial charge is 0.457 e. The van der Waals surface area contributed by atoms with Crippen LogP contribution in [-0.4, -0.2) is 6.04 Å². The minimum atomic E-state index is -0.517. The molecule has 0 aromatic heterocycles. The quantitative estimate of drug-likeness (QED) is 0.869. The van der Waals surface area contributed by atoms with E-state index in [-0.39, 0.29) is 16.9 Å². The van der Waals surface area contributed by atoms with Gasteiger partial charge in [0.2, 0.25) is 0 Å². The molecule has 0 heterocycles. The third-order valence-electron chi connectivity index (χ3n) is 3.15. The maximum absolute atomic E-state index is 13.4. The number of rotatable bonds is 5. The molecule has 112 valence electrons. The van der Waals surface area contributed by atoms with E-state index in [9.17, 15) is 8.78 Å². The van der Waals surface area contributed by atoms with Crippen LogP contribution in [0, 0.1) is 11.6 Å². The molecule has 0 aliphatic heterocycles. The highest BCUT2D eigenvalue weighted by Gasteiger charge is 2.11. The lowest BCUT2D eigenvalue weighted by Crippen LogP contribution is -2.21. The van der Waals surface area contributed by atoms with Crippen molar-refractivity contribution in [2.75, 3.05) is 0 Å². The molecular formula is C16H16ClF2NO. The van der Waals surface area contributed by atoms with Crippen molar-refractivity contribution in [2.24, 2.45) is 5.73 Å². The second-order valence-electron chi connectivity index (χ2n) is 4.80.